The lowest BCUT2D eigenvalue weighted by molar-refractivity contribution is 0.373. The van der Waals surface area contributed by atoms with E-state index in [0.717, 1.165) is 5.56 Å². The Kier molecular flexibility index (Phi) is 5.59. The molecule has 0 saturated heterocycles. The summed E-state index contributed by atoms with van der Waals surface area (Å²) in [6.07, 6.45) is 0. The maximum absolute atomic E-state index is 11.5. The van der Waals surface area contributed by atoms with E-state index in [0.29, 0.717) is 18.8 Å². The fourth-order valence-electron chi connectivity index (χ4n) is 1.46. The first-order valence-electron chi connectivity index (χ1n) is 5.83. The molecule has 0 aliphatic heterocycles. The van der Waals surface area contributed by atoms with Crippen molar-refractivity contribution in [3.63, 3.8) is 0 Å². The number of rotatable bonds is 7. The highest BCUT2D eigenvalue weighted by molar-refractivity contribution is 7.89. The van der Waals surface area contributed by atoms with Gasteiger partial charge in [0.2, 0.25) is 10.0 Å². The quantitative estimate of drug-likeness (QED) is 0.709. The van der Waals surface area contributed by atoms with Crippen LogP contribution in [-0.2, 0) is 16.6 Å². The second-order valence-corrected chi connectivity index (χ2v) is 6.58. The lowest BCUT2D eigenvalue weighted by atomic mass is 10.2. The molecule has 1 aromatic rings. The largest absolute Gasteiger partial charge is 0.504 e. The summed E-state index contributed by atoms with van der Waals surface area (Å²) in [5.41, 5.74) is 0.862. The van der Waals surface area contributed by atoms with E-state index in [1.165, 1.54) is 25.5 Å². The summed E-state index contributed by atoms with van der Waals surface area (Å²) in [4.78, 5) is 0. The number of ether oxygens (including phenoxy) is 1. The highest BCUT2D eigenvalue weighted by atomic mass is 32.2. The normalized spacial score (nSPS) is 11.8. The minimum Gasteiger partial charge on any atom is -0.504 e. The maximum atomic E-state index is 11.5. The second kappa shape index (κ2) is 6.74. The molecular formula is C12H20N2O4S. The lowest BCUT2D eigenvalue weighted by Crippen LogP contribution is -2.30. The number of hydrogen-bond donors (Lipinski definition) is 2. The van der Waals surface area contributed by atoms with Crippen molar-refractivity contribution in [2.75, 3.05) is 33.5 Å². The van der Waals surface area contributed by atoms with Gasteiger partial charge in [0.25, 0.3) is 0 Å². The Balaban J connectivity index is 2.44. The fourth-order valence-corrected chi connectivity index (χ4v) is 2.23. The number of benzene rings is 1. The van der Waals surface area contributed by atoms with E-state index in [9.17, 15) is 13.5 Å². The second-order valence-electron chi connectivity index (χ2n) is 4.28. The van der Waals surface area contributed by atoms with Crippen LogP contribution in [-0.4, -0.2) is 51.3 Å². The Hall–Kier alpha value is -1.31. The third-order valence-electron chi connectivity index (χ3n) is 2.67. The van der Waals surface area contributed by atoms with Gasteiger partial charge in [-0.05, 0) is 17.7 Å². The highest BCUT2D eigenvalue weighted by Gasteiger charge is 2.12. The van der Waals surface area contributed by atoms with Gasteiger partial charge in [0.1, 0.15) is 0 Å². The molecule has 108 valence electrons. The molecule has 1 rings (SSSR count). The number of methoxy groups -OCH3 is 1. The minimum absolute atomic E-state index is 0.0438. The van der Waals surface area contributed by atoms with Gasteiger partial charge in [0, 0.05) is 27.2 Å². The molecule has 0 atom stereocenters. The topological polar surface area (TPSA) is 78.9 Å². The van der Waals surface area contributed by atoms with Crippen LogP contribution in [0, 0.1) is 0 Å². The van der Waals surface area contributed by atoms with Gasteiger partial charge in [-0.1, -0.05) is 6.07 Å². The lowest BCUT2D eigenvalue weighted by Gasteiger charge is -2.12. The first kappa shape index (κ1) is 15.7. The SMILES string of the molecule is COc1ccc(CNCCS(=O)(=O)N(C)C)cc1O. The molecule has 0 amide bonds. The zero-order chi connectivity index (χ0) is 14.5. The van der Waals surface area contributed by atoms with Crippen molar-refractivity contribution in [2.45, 2.75) is 6.54 Å². The number of hydrogen-bond acceptors (Lipinski definition) is 5. The van der Waals surface area contributed by atoms with Crippen LogP contribution in [0.2, 0.25) is 0 Å². The van der Waals surface area contributed by atoms with Crippen molar-refractivity contribution in [3.8, 4) is 11.5 Å². The molecule has 7 heteroatoms. The van der Waals surface area contributed by atoms with Crippen LogP contribution in [0.4, 0.5) is 0 Å². The van der Waals surface area contributed by atoms with Crippen molar-refractivity contribution in [1.29, 1.82) is 0 Å². The standard InChI is InChI=1S/C12H20N2O4S/c1-14(2)19(16,17)7-6-13-9-10-4-5-12(18-3)11(15)8-10/h4-5,8,13,15H,6-7,9H2,1-3H3. The number of sulfonamides is 1. The molecule has 0 unspecified atom stereocenters. The van der Waals surface area contributed by atoms with Crippen LogP contribution < -0.4 is 10.1 Å². The third-order valence-corrected chi connectivity index (χ3v) is 4.50. The number of phenols is 1. The maximum Gasteiger partial charge on any atom is 0.214 e. The molecule has 1 aromatic carbocycles. The van der Waals surface area contributed by atoms with Gasteiger partial charge in [-0.25, -0.2) is 12.7 Å². The summed E-state index contributed by atoms with van der Waals surface area (Å²) in [6.45, 7) is 0.841. The van der Waals surface area contributed by atoms with Gasteiger partial charge in [0.05, 0.1) is 12.9 Å². The van der Waals surface area contributed by atoms with Gasteiger partial charge < -0.3 is 15.2 Å². The van der Waals surface area contributed by atoms with Crippen LogP contribution in [0.15, 0.2) is 18.2 Å². The van der Waals surface area contributed by atoms with E-state index < -0.39 is 10.0 Å². The summed E-state index contributed by atoms with van der Waals surface area (Å²) < 4.78 is 29.2. The van der Waals surface area contributed by atoms with Crippen LogP contribution >= 0.6 is 0 Å². The summed E-state index contributed by atoms with van der Waals surface area (Å²) in [5.74, 6) is 0.531. The fraction of sp³-hybridized carbons (Fsp3) is 0.500. The molecule has 0 bridgehead atoms. The molecule has 2 N–H and O–H groups in total. The van der Waals surface area contributed by atoms with Crippen LogP contribution in [0.1, 0.15) is 5.56 Å². The molecular weight excluding hydrogens is 268 g/mol. The van der Waals surface area contributed by atoms with Crippen molar-refractivity contribution < 1.29 is 18.3 Å². The van der Waals surface area contributed by atoms with E-state index in [1.54, 1.807) is 12.1 Å². The van der Waals surface area contributed by atoms with Gasteiger partial charge in [-0.2, -0.15) is 0 Å². The molecule has 0 heterocycles. The number of phenolic OH excluding ortho intramolecular Hbond substituents is 1. The van der Waals surface area contributed by atoms with Crippen molar-refractivity contribution in [3.05, 3.63) is 23.8 Å². The molecule has 0 aliphatic rings. The molecule has 0 fully saturated rings. The monoisotopic (exact) mass is 288 g/mol. The van der Waals surface area contributed by atoms with Crippen molar-refractivity contribution in [1.82, 2.24) is 9.62 Å². The Labute approximate surface area is 114 Å². The van der Waals surface area contributed by atoms with Crippen LogP contribution in [0.5, 0.6) is 11.5 Å². The van der Waals surface area contributed by atoms with Gasteiger partial charge in [0.15, 0.2) is 11.5 Å². The zero-order valence-electron chi connectivity index (χ0n) is 11.4. The van der Waals surface area contributed by atoms with E-state index in [-0.39, 0.29) is 11.5 Å². The Bertz CT molecular complexity index is 514. The van der Waals surface area contributed by atoms with Crippen LogP contribution in [0.25, 0.3) is 0 Å². The third kappa shape index (κ3) is 4.70. The molecule has 0 spiro atoms. The molecule has 0 saturated carbocycles. The van der Waals surface area contributed by atoms with Gasteiger partial charge >= 0.3 is 0 Å². The number of aromatic hydroxyl groups is 1. The molecule has 0 aliphatic carbocycles. The molecule has 19 heavy (non-hydrogen) atoms. The molecule has 6 nitrogen and oxygen atoms in total. The van der Waals surface area contributed by atoms with Gasteiger partial charge in [-0.15, -0.1) is 0 Å². The van der Waals surface area contributed by atoms with E-state index >= 15 is 0 Å². The summed E-state index contributed by atoms with van der Waals surface area (Å²) >= 11 is 0. The summed E-state index contributed by atoms with van der Waals surface area (Å²) in [7, 11) is 1.34. The first-order valence-corrected chi connectivity index (χ1v) is 7.44. The average Bonchev–Trinajstić information content (AvgIpc) is 2.34. The molecule has 0 radical (unpaired) electrons. The number of nitrogens with one attached hydrogen (secondary N) is 1. The van der Waals surface area contributed by atoms with E-state index in [4.69, 9.17) is 4.74 Å². The van der Waals surface area contributed by atoms with E-state index in [1.807, 2.05) is 6.07 Å². The predicted molar refractivity (Wildman–Crippen MR) is 73.8 cm³/mol. The Morgan fingerprint density at radius 2 is 2.05 bits per heavy atom. The smallest absolute Gasteiger partial charge is 0.214 e. The first-order chi connectivity index (χ1) is 8.86. The Morgan fingerprint density at radius 3 is 2.58 bits per heavy atom. The van der Waals surface area contributed by atoms with E-state index in [2.05, 4.69) is 5.32 Å². The summed E-state index contributed by atoms with van der Waals surface area (Å²) in [6, 6.07) is 5.07. The summed E-state index contributed by atoms with van der Waals surface area (Å²) in [5, 5.41) is 12.6. The van der Waals surface area contributed by atoms with Crippen molar-refractivity contribution >= 4 is 10.0 Å². The Morgan fingerprint density at radius 1 is 1.37 bits per heavy atom. The molecule has 0 aromatic heterocycles. The highest BCUT2D eigenvalue weighted by Crippen LogP contribution is 2.25. The van der Waals surface area contributed by atoms with Crippen molar-refractivity contribution in [2.24, 2.45) is 0 Å². The van der Waals surface area contributed by atoms with Gasteiger partial charge in [-0.3, -0.25) is 0 Å². The number of nitrogens with zero attached hydrogens (tertiary/aromatic N) is 1. The predicted octanol–water partition coefficient (Wildman–Crippen LogP) is 0.382. The van der Waals surface area contributed by atoms with Crippen LogP contribution in [0.3, 0.4) is 0 Å². The minimum atomic E-state index is -3.17. The zero-order valence-corrected chi connectivity index (χ0v) is 12.2. The average molecular weight is 288 g/mol.